The normalized spacial score (nSPS) is 35.1. The summed E-state index contributed by atoms with van der Waals surface area (Å²) in [6, 6.07) is 8.14. The molecular formula is C29H31BrO3. The van der Waals surface area contributed by atoms with Gasteiger partial charge in [0.1, 0.15) is 0 Å². The van der Waals surface area contributed by atoms with Crippen molar-refractivity contribution in [2.45, 2.75) is 70.8 Å². The van der Waals surface area contributed by atoms with Crippen molar-refractivity contribution in [1.82, 2.24) is 0 Å². The minimum atomic E-state index is -0.306. The second-order valence-electron chi connectivity index (χ2n) is 10.5. The Labute approximate surface area is 204 Å². The molecule has 2 fully saturated rings. The number of carbonyl (C=O) groups is 2. The van der Waals surface area contributed by atoms with Gasteiger partial charge in [-0.05, 0) is 77.0 Å². The Balaban J connectivity index is 1.69. The van der Waals surface area contributed by atoms with Crippen LogP contribution in [0.4, 0.5) is 0 Å². The van der Waals surface area contributed by atoms with E-state index < -0.39 is 0 Å². The molecule has 172 valence electrons. The number of benzene rings is 1. The van der Waals surface area contributed by atoms with Crippen LogP contribution in [0.2, 0.25) is 0 Å². The van der Waals surface area contributed by atoms with Crippen LogP contribution in [0, 0.1) is 33.9 Å². The van der Waals surface area contributed by atoms with Crippen LogP contribution < -0.4 is 0 Å². The first-order valence-electron chi connectivity index (χ1n) is 12.3. The van der Waals surface area contributed by atoms with Crippen LogP contribution in [-0.2, 0) is 4.79 Å². The third kappa shape index (κ3) is 3.69. The van der Waals surface area contributed by atoms with Crippen molar-refractivity contribution >= 4 is 27.5 Å². The number of aliphatic hydroxyl groups is 1. The molecule has 0 saturated heterocycles. The second-order valence-corrected chi connectivity index (χ2v) is 10.9. The molecule has 33 heavy (non-hydrogen) atoms. The molecule has 1 aromatic carbocycles. The van der Waals surface area contributed by atoms with Crippen LogP contribution in [0.25, 0.3) is 0 Å². The molecular weight excluding hydrogens is 476 g/mol. The SMILES string of the molecule is CCC(=O)c1ccc([C@H]2C[C@]3(C)[C@@H](O)CC[C@H]3[C@H]3C2=C2CCC(=O)C=C2C[C@H]3C#CBr)cc1. The molecule has 6 atom stereocenters. The smallest absolute Gasteiger partial charge is 0.162 e. The predicted molar refractivity (Wildman–Crippen MR) is 133 cm³/mol. The van der Waals surface area contributed by atoms with Crippen LogP contribution >= 0.6 is 15.9 Å². The first-order chi connectivity index (χ1) is 15.9. The van der Waals surface area contributed by atoms with Gasteiger partial charge in [0.15, 0.2) is 11.6 Å². The first-order valence-corrected chi connectivity index (χ1v) is 13.1. The van der Waals surface area contributed by atoms with Crippen molar-refractivity contribution in [2.24, 2.45) is 23.2 Å². The number of halogens is 1. The third-order valence-corrected chi connectivity index (χ3v) is 9.16. The van der Waals surface area contributed by atoms with E-state index in [4.69, 9.17) is 0 Å². The number of carbonyl (C=O) groups excluding carboxylic acids is 2. The molecule has 1 N–H and O–H groups in total. The van der Waals surface area contributed by atoms with Crippen molar-refractivity contribution < 1.29 is 14.7 Å². The van der Waals surface area contributed by atoms with Gasteiger partial charge in [-0.25, -0.2) is 0 Å². The van der Waals surface area contributed by atoms with Gasteiger partial charge in [-0.1, -0.05) is 49.6 Å². The monoisotopic (exact) mass is 506 g/mol. The zero-order valence-electron chi connectivity index (χ0n) is 19.4. The minimum Gasteiger partial charge on any atom is -0.393 e. The molecule has 5 rings (SSSR count). The molecule has 4 aliphatic rings. The fraction of sp³-hybridized carbons (Fsp3) is 0.517. The lowest BCUT2D eigenvalue weighted by Gasteiger charge is -2.53. The predicted octanol–water partition coefficient (Wildman–Crippen LogP) is 6.12. The number of ketones is 2. The summed E-state index contributed by atoms with van der Waals surface area (Å²) in [5.74, 6) is 4.79. The lowest BCUT2D eigenvalue weighted by Crippen LogP contribution is -2.47. The maximum absolute atomic E-state index is 12.3. The summed E-state index contributed by atoms with van der Waals surface area (Å²) in [6.45, 7) is 4.16. The highest BCUT2D eigenvalue weighted by Crippen LogP contribution is 2.64. The average molecular weight is 507 g/mol. The second kappa shape index (κ2) is 8.67. The first kappa shape index (κ1) is 22.8. The van der Waals surface area contributed by atoms with Gasteiger partial charge < -0.3 is 5.11 Å². The maximum atomic E-state index is 12.3. The summed E-state index contributed by atoms with van der Waals surface area (Å²) in [7, 11) is 0. The van der Waals surface area contributed by atoms with Gasteiger partial charge in [0.05, 0.1) is 6.10 Å². The Morgan fingerprint density at radius 3 is 2.67 bits per heavy atom. The fourth-order valence-electron chi connectivity index (χ4n) is 7.28. The van der Waals surface area contributed by atoms with E-state index in [0.29, 0.717) is 18.8 Å². The topological polar surface area (TPSA) is 54.4 Å². The van der Waals surface area contributed by atoms with Gasteiger partial charge in [0.25, 0.3) is 0 Å². The Kier molecular flexibility index (Phi) is 6.00. The van der Waals surface area contributed by atoms with E-state index in [1.54, 1.807) is 0 Å². The van der Waals surface area contributed by atoms with E-state index in [9.17, 15) is 14.7 Å². The lowest BCUT2D eigenvalue weighted by molar-refractivity contribution is -0.114. The molecule has 4 aliphatic carbocycles. The van der Waals surface area contributed by atoms with E-state index in [1.807, 2.05) is 25.1 Å². The number of fused-ring (bicyclic) bond motifs is 4. The van der Waals surface area contributed by atoms with E-state index in [2.05, 4.69) is 45.7 Å². The zero-order chi connectivity index (χ0) is 23.3. The fourth-order valence-corrected chi connectivity index (χ4v) is 7.57. The van der Waals surface area contributed by atoms with E-state index in [1.165, 1.54) is 22.3 Å². The van der Waals surface area contributed by atoms with Gasteiger partial charge in [0.2, 0.25) is 0 Å². The van der Waals surface area contributed by atoms with E-state index in [-0.39, 0.29) is 40.8 Å². The van der Waals surface area contributed by atoms with Crippen molar-refractivity contribution in [3.8, 4) is 10.8 Å². The summed E-state index contributed by atoms with van der Waals surface area (Å²) in [5, 5.41) is 11.1. The van der Waals surface area contributed by atoms with Crippen molar-refractivity contribution in [2.75, 3.05) is 0 Å². The molecule has 0 aliphatic heterocycles. The lowest BCUT2D eigenvalue weighted by atomic mass is 9.51. The Morgan fingerprint density at radius 2 is 1.97 bits per heavy atom. The van der Waals surface area contributed by atoms with Gasteiger partial charge >= 0.3 is 0 Å². The van der Waals surface area contributed by atoms with Crippen LogP contribution in [0.5, 0.6) is 0 Å². The van der Waals surface area contributed by atoms with Crippen molar-refractivity contribution in [1.29, 1.82) is 0 Å². The Morgan fingerprint density at radius 1 is 1.21 bits per heavy atom. The number of Topliss-reactive ketones (excluding diaryl/α,β-unsaturated/α-hetero) is 1. The van der Waals surface area contributed by atoms with Crippen LogP contribution in [0.3, 0.4) is 0 Å². The maximum Gasteiger partial charge on any atom is 0.162 e. The van der Waals surface area contributed by atoms with Gasteiger partial charge in [0, 0.05) is 46.2 Å². The molecule has 1 aromatic rings. The van der Waals surface area contributed by atoms with Crippen LogP contribution in [0.15, 0.2) is 47.1 Å². The summed E-state index contributed by atoms with van der Waals surface area (Å²) in [6.07, 6.45) is 7.01. The Bertz CT molecular complexity index is 1120. The Hall–Kier alpha value is -1.96. The summed E-state index contributed by atoms with van der Waals surface area (Å²) < 4.78 is 0. The summed E-state index contributed by atoms with van der Waals surface area (Å²) >= 11 is 3.34. The van der Waals surface area contributed by atoms with Gasteiger partial charge in [-0.2, -0.15) is 0 Å². The summed E-state index contributed by atoms with van der Waals surface area (Å²) in [5.41, 5.74) is 5.79. The molecule has 0 radical (unpaired) electrons. The molecule has 3 nitrogen and oxygen atoms in total. The highest BCUT2D eigenvalue weighted by molar-refractivity contribution is 9.12. The quantitative estimate of drug-likeness (QED) is 0.396. The van der Waals surface area contributed by atoms with Crippen molar-refractivity contribution in [3.05, 3.63) is 58.2 Å². The largest absolute Gasteiger partial charge is 0.393 e. The summed E-state index contributed by atoms with van der Waals surface area (Å²) in [4.78, 5) is 27.5. The molecule has 0 amide bonds. The van der Waals surface area contributed by atoms with Gasteiger partial charge in [-0.15, -0.1) is 0 Å². The number of aliphatic hydroxyl groups excluding tert-OH is 1. The number of hydrogen-bond acceptors (Lipinski definition) is 3. The van der Waals surface area contributed by atoms with E-state index >= 15 is 0 Å². The van der Waals surface area contributed by atoms with Gasteiger partial charge in [-0.3, -0.25) is 9.59 Å². The highest BCUT2D eigenvalue weighted by atomic mass is 79.9. The zero-order valence-corrected chi connectivity index (χ0v) is 21.0. The molecule has 0 spiro atoms. The van der Waals surface area contributed by atoms with E-state index in [0.717, 1.165) is 37.7 Å². The highest BCUT2D eigenvalue weighted by Gasteiger charge is 2.58. The molecule has 4 heteroatoms. The minimum absolute atomic E-state index is 0.138. The molecule has 0 heterocycles. The molecule has 0 unspecified atom stereocenters. The van der Waals surface area contributed by atoms with Crippen LogP contribution in [0.1, 0.15) is 80.6 Å². The molecule has 0 bridgehead atoms. The van der Waals surface area contributed by atoms with Crippen LogP contribution in [-0.4, -0.2) is 22.8 Å². The number of allylic oxidation sites excluding steroid dienone is 4. The molecule has 2 saturated carbocycles. The number of rotatable bonds is 3. The standard InChI is InChI=1S/C29H31BrO3/c1-3-25(32)18-6-4-17(5-7-18)23-16-29(2)24(10-11-26(29)33)27-19(12-13-30)14-20-15-21(31)8-9-22(20)28(23)27/h4-7,15,19,23-24,26-27,33H,3,8-11,14,16H2,1-2H3/t19-,23-,24+,26+,27+,29+/m1/s1. The number of hydrogen-bond donors (Lipinski definition) is 1. The third-order valence-electron chi connectivity index (χ3n) is 8.93. The average Bonchev–Trinajstić information content (AvgIpc) is 3.12. The molecule has 0 aromatic heterocycles. The van der Waals surface area contributed by atoms with Crippen molar-refractivity contribution in [3.63, 3.8) is 0 Å².